The van der Waals surface area contributed by atoms with Crippen molar-refractivity contribution in [3.8, 4) is 0 Å². The van der Waals surface area contributed by atoms with E-state index in [1.165, 1.54) is 0 Å². The van der Waals surface area contributed by atoms with Gasteiger partial charge in [-0.05, 0) is 0 Å². The molecule has 0 aliphatic heterocycles. The summed E-state index contributed by atoms with van der Waals surface area (Å²) in [6, 6.07) is 0. The normalized spacial score (nSPS) is 0. The van der Waals surface area contributed by atoms with Gasteiger partial charge in [-0.15, -0.1) is 0 Å². The summed E-state index contributed by atoms with van der Waals surface area (Å²) in [5.41, 5.74) is 0. The maximum atomic E-state index is 0. The third-order valence-electron chi connectivity index (χ3n) is 0. The van der Waals surface area contributed by atoms with Crippen molar-refractivity contribution < 1.29 is 59.9 Å². The summed E-state index contributed by atoms with van der Waals surface area (Å²) in [5, 5.41) is 0. The van der Waals surface area contributed by atoms with Gasteiger partial charge in [-0.2, -0.15) is 0 Å². The summed E-state index contributed by atoms with van der Waals surface area (Å²) in [4.78, 5) is 0. The van der Waals surface area contributed by atoms with Crippen molar-refractivity contribution in [1.29, 1.82) is 0 Å². The Kier molecular flexibility index (Phi) is 785. The van der Waals surface area contributed by atoms with E-state index in [-0.39, 0.29) is 112 Å². The number of hydrogen-bond donors (Lipinski definition) is 0. The average molecular weight is 562 g/mol. The van der Waals surface area contributed by atoms with Gasteiger partial charge < -0.3 is 16.4 Å². The topological polar surface area (TPSA) is 85.5 Å². The van der Waals surface area contributed by atoms with Gasteiger partial charge in [0.05, 0.1) is 0 Å². The minimum atomic E-state index is 0. The number of rotatable bonds is 0. The molecule has 0 heterocycles. The Balaban J connectivity index is 0. The van der Waals surface area contributed by atoms with Crippen LogP contribution < -0.4 is 0 Å². The quantitative estimate of drug-likeness (QED) is 0.336. The van der Waals surface area contributed by atoms with Gasteiger partial charge >= 0.3 is 52.4 Å². The molecule has 0 aromatic heterocycles. The molecular weight excluding hydrogens is 562 g/mol. The van der Waals surface area contributed by atoms with Gasteiger partial charge in [0, 0.05) is 43.4 Å². The molecule has 0 aliphatic rings. The van der Waals surface area contributed by atoms with Crippen molar-refractivity contribution in [3.05, 3.63) is 0 Å². The molecule has 0 bridgehead atoms. The second kappa shape index (κ2) is 62.6. The van der Waals surface area contributed by atoms with Crippen LogP contribution in [0.25, 0.3) is 0 Å². The largest absolute Gasteiger partial charge is 3.00 e. The summed E-state index contributed by atoms with van der Waals surface area (Å²) in [6.07, 6.45) is 0. The molecule has 7 heteroatoms. The second-order valence-corrected chi connectivity index (χ2v) is 0. The minimum absolute atomic E-state index is 0. The van der Waals surface area contributed by atoms with Crippen molar-refractivity contribution in [2.45, 2.75) is 0 Å². The molecule has 0 rings (SSSR count). The van der Waals surface area contributed by atoms with Gasteiger partial charge in [-0.25, -0.2) is 0 Å². The van der Waals surface area contributed by atoms with Gasteiger partial charge in [0.25, 0.3) is 0 Å². The van der Waals surface area contributed by atoms with Crippen molar-refractivity contribution in [1.82, 2.24) is 0 Å². The maximum Gasteiger partial charge on any atom is 3.00 e. The van der Waals surface area contributed by atoms with Crippen molar-refractivity contribution in [2.24, 2.45) is 0 Å². The van der Waals surface area contributed by atoms with Crippen molar-refractivity contribution >= 4 is 52.4 Å². The molecule has 0 saturated carbocycles. The fourth-order valence-corrected chi connectivity index (χ4v) is 0. The van der Waals surface area contributed by atoms with Crippen LogP contribution in [0.5, 0.6) is 0 Å². The van der Waals surface area contributed by atoms with Crippen LogP contribution in [-0.2, 0) is 59.9 Å². The van der Waals surface area contributed by atoms with Crippen LogP contribution in [0.15, 0.2) is 0 Å². The predicted octanol–water partition coefficient (Wildman–Crippen LogP) is -1.12. The fraction of sp³-hybridized carbons (Fsp3) is 0. The standard InChI is InChI=1S/2Bi.3O.2Ti/q2*+3;3*-2;;. The van der Waals surface area contributed by atoms with Crippen LogP contribution in [0.1, 0.15) is 0 Å². The zero-order valence-corrected chi connectivity index (χ0v) is 13.2. The summed E-state index contributed by atoms with van der Waals surface area (Å²) < 4.78 is 0. The van der Waals surface area contributed by atoms with E-state index in [0.29, 0.717) is 0 Å². The zero-order chi connectivity index (χ0) is 0. The Morgan fingerprint density at radius 2 is 0.429 bits per heavy atom. The summed E-state index contributed by atoms with van der Waals surface area (Å²) in [6.45, 7) is 0. The van der Waals surface area contributed by atoms with Gasteiger partial charge in [-0.3, -0.25) is 0 Å². The van der Waals surface area contributed by atoms with Crippen LogP contribution in [0.3, 0.4) is 0 Å². The van der Waals surface area contributed by atoms with E-state index >= 15 is 0 Å². The van der Waals surface area contributed by atoms with E-state index in [1.807, 2.05) is 0 Å². The second-order valence-electron chi connectivity index (χ2n) is 0. The Hall–Kier alpha value is 3.07. The van der Waals surface area contributed by atoms with E-state index in [2.05, 4.69) is 0 Å². The van der Waals surface area contributed by atoms with E-state index in [9.17, 15) is 0 Å². The fourth-order valence-electron chi connectivity index (χ4n) is 0. The molecule has 36 valence electrons. The van der Waals surface area contributed by atoms with E-state index in [4.69, 9.17) is 0 Å². The van der Waals surface area contributed by atoms with Gasteiger partial charge in [0.15, 0.2) is 0 Å². The molecule has 0 N–H and O–H groups in total. The van der Waals surface area contributed by atoms with E-state index in [0.717, 1.165) is 0 Å². The summed E-state index contributed by atoms with van der Waals surface area (Å²) in [5.74, 6) is 0. The monoisotopic (exact) mass is 562 g/mol. The number of hydrogen-bond acceptors (Lipinski definition) is 0. The SMILES string of the molecule is [Bi+3].[Bi+3].[O-2].[O-2].[O-2].[Ti].[Ti]. The first kappa shape index (κ1) is 87.8. The first-order valence-electron chi connectivity index (χ1n) is 0. The van der Waals surface area contributed by atoms with Crippen LogP contribution in [0, 0.1) is 0 Å². The van der Waals surface area contributed by atoms with Crippen molar-refractivity contribution in [3.63, 3.8) is 0 Å². The molecule has 3 nitrogen and oxygen atoms in total. The molecule has 0 amide bonds. The molecular formula is Bi2O3Ti2. The van der Waals surface area contributed by atoms with Crippen molar-refractivity contribution in [2.75, 3.05) is 0 Å². The molecule has 0 spiro atoms. The summed E-state index contributed by atoms with van der Waals surface area (Å²) in [7, 11) is 0. The van der Waals surface area contributed by atoms with Crippen LogP contribution in [-0.4, -0.2) is 52.4 Å². The van der Waals surface area contributed by atoms with Crippen LogP contribution >= 0.6 is 0 Å². The predicted molar refractivity (Wildman–Crippen MR) is 13.6 cm³/mol. The Morgan fingerprint density at radius 3 is 0.429 bits per heavy atom. The molecule has 7 heavy (non-hydrogen) atoms. The Morgan fingerprint density at radius 1 is 0.429 bits per heavy atom. The zero-order valence-electron chi connectivity index (χ0n) is 3.12. The van der Waals surface area contributed by atoms with Gasteiger partial charge in [-0.1, -0.05) is 0 Å². The molecule has 0 atom stereocenters. The van der Waals surface area contributed by atoms with Crippen LogP contribution in [0.2, 0.25) is 0 Å². The first-order chi connectivity index (χ1) is 0. The third-order valence-corrected chi connectivity index (χ3v) is 0. The maximum absolute atomic E-state index is 0. The van der Waals surface area contributed by atoms with E-state index in [1.54, 1.807) is 0 Å². The first-order valence-corrected chi connectivity index (χ1v) is 0. The van der Waals surface area contributed by atoms with E-state index < -0.39 is 0 Å². The van der Waals surface area contributed by atoms with Gasteiger partial charge in [0.1, 0.15) is 0 Å². The van der Waals surface area contributed by atoms with Crippen LogP contribution in [0.4, 0.5) is 0 Å². The summed E-state index contributed by atoms with van der Waals surface area (Å²) >= 11 is 0. The molecule has 0 unspecified atom stereocenters. The average Bonchev–Trinajstić information content (AvgIpc) is 0. The minimum Gasteiger partial charge on any atom is -2.00 e. The van der Waals surface area contributed by atoms with Gasteiger partial charge in [0.2, 0.25) is 0 Å². The Labute approximate surface area is 110 Å². The Bertz CT molecular complexity index is 10.9. The molecule has 0 aliphatic carbocycles. The molecule has 0 aromatic carbocycles. The molecule has 0 fully saturated rings. The smallest absolute Gasteiger partial charge is 2.00 e. The molecule has 0 saturated heterocycles. The molecule has 0 aromatic rings. The molecule has 4 radical (unpaired) electrons. The third kappa shape index (κ3) is 48.0.